The number of amides is 2. The minimum Gasteiger partial charge on any atom is -0.441 e. The van der Waals surface area contributed by atoms with E-state index >= 15 is 0 Å². The van der Waals surface area contributed by atoms with Crippen molar-refractivity contribution in [2.24, 2.45) is 17.3 Å². The molecular formula is C33H56N2O6Si. The number of ether oxygens (including phenoxy) is 3. The monoisotopic (exact) mass is 604 g/mol. The third-order valence-electron chi connectivity index (χ3n) is 11.2. The highest BCUT2D eigenvalue weighted by atomic mass is 28.4. The molecule has 4 bridgehead atoms. The van der Waals surface area contributed by atoms with Crippen LogP contribution in [0.25, 0.3) is 0 Å². The molecule has 0 aromatic heterocycles. The molecule has 9 heteroatoms. The molecule has 6 atom stereocenters. The number of unbranched alkanes of at least 4 members (excludes halogenated alkanes) is 3. The third kappa shape index (κ3) is 5.87. The lowest BCUT2D eigenvalue weighted by Crippen LogP contribution is -2.77. The number of cyclic esters (lactones) is 1. The van der Waals surface area contributed by atoms with Crippen LogP contribution in [0.2, 0.25) is 18.1 Å². The summed E-state index contributed by atoms with van der Waals surface area (Å²) in [6.07, 6.45) is 10.9. The maximum Gasteiger partial charge on any atom is 0.410 e. The maximum absolute atomic E-state index is 14.2. The van der Waals surface area contributed by atoms with Crippen LogP contribution < -0.4 is 0 Å². The summed E-state index contributed by atoms with van der Waals surface area (Å²) in [7, 11) is -0.480. The van der Waals surface area contributed by atoms with E-state index in [1.54, 1.807) is 7.11 Å². The summed E-state index contributed by atoms with van der Waals surface area (Å²) < 4.78 is 24.6. The van der Waals surface area contributed by atoms with Crippen LogP contribution in [-0.4, -0.2) is 88.0 Å². The van der Waals surface area contributed by atoms with Crippen molar-refractivity contribution in [2.45, 2.75) is 114 Å². The van der Waals surface area contributed by atoms with Crippen LogP contribution >= 0.6 is 0 Å². The molecule has 4 rings (SSSR count). The van der Waals surface area contributed by atoms with Gasteiger partial charge in [-0.05, 0) is 81.3 Å². The van der Waals surface area contributed by atoms with E-state index in [4.69, 9.17) is 18.6 Å². The van der Waals surface area contributed by atoms with Crippen LogP contribution in [0.1, 0.15) is 78.6 Å². The molecule has 1 saturated carbocycles. The maximum atomic E-state index is 14.2. The Hall–Kier alpha value is -1.68. The van der Waals surface area contributed by atoms with Gasteiger partial charge in [0.05, 0.1) is 19.3 Å². The second-order valence-electron chi connectivity index (χ2n) is 14.6. The Kier molecular flexibility index (Phi) is 10.4. The predicted molar refractivity (Wildman–Crippen MR) is 168 cm³/mol. The molecule has 0 N–H and O–H groups in total. The van der Waals surface area contributed by atoms with E-state index in [0.29, 0.717) is 38.6 Å². The van der Waals surface area contributed by atoms with Gasteiger partial charge in [-0.25, -0.2) is 4.79 Å². The van der Waals surface area contributed by atoms with Gasteiger partial charge in [-0.15, -0.1) is 13.2 Å². The van der Waals surface area contributed by atoms with Crippen LogP contribution in [0.5, 0.6) is 0 Å². The van der Waals surface area contributed by atoms with E-state index < -0.39 is 20.0 Å². The molecule has 0 radical (unpaired) electrons. The Morgan fingerprint density at radius 2 is 1.88 bits per heavy atom. The van der Waals surface area contributed by atoms with Gasteiger partial charge in [0.25, 0.3) is 0 Å². The predicted octanol–water partition coefficient (Wildman–Crippen LogP) is 6.53. The molecule has 3 saturated heterocycles. The summed E-state index contributed by atoms with van der Waals surface area (Å²) in [5, 5.41) is 0.0312. The smallest absolute Gasteiger partial charge is 0.410 e. The van der Waals surface area contributed by atoms with Crippen LogP contribution in [0, 0.1) is 17.3 Å². The molecule has 0 aromatic rings. The van der Waals surface area contributed by atoms with E-state index in [1.807, 2.05) is 17.1 Å². The zero-order valence-corrected chi connectivity index (χ0v) is 28.1. The van der Waals surface area contributed by atoms with Crippen molar-refractivity contribution in [1.82, 2.24) is 9.80 Å². The fourth-order valence-electron chi connectivity index (χ4n) is 8.36. The average molecular weight is 605 g/mol. The molecule has 238 valence electrons. The van der Waals surface area contributed by atoms with Crippen molar-refractivity contribution < 1.29 is 28.2 Å². The fraction of sp³-hybridized carbons (Fsp3) is 0.818. The summed E-state index contributed by atoms with van der Waals surface area (Å²) in [5.41, 5.74) is -0.958. The minimum absolute atomic E-state index is 0.0312. The molecule has 0 unspecified atom stereocenters. The van der Waals surface area contributed by atoms with Gasteiger partial charge in [0.15, 0.2) is 14.4 Å². The Morgan fingerprint density at radius 3 is 2.55 bits per heavy atom. The van der Waals surface area contributed by atoms with Gasteiger partial charge in [0, 0.05) is 32.0 Å². The number of carbonyl (C=O) groups is 2. The first-order valence-corrected chi connectivity index (χ1v) is 19.0. The Bertz CT molecular complexity index is 998. The number of piperidine rings is 1. The van der Waals surface area contributed by atoms with Gasteiger partial charge in [-0.3, -0.25) is 9.69 Å². The van der Waals surface area contributed by atoms with E-state index in [0.717, 1.165) is 51.4 Å². The summed E-state index contributed by atoms with van der Waals surface area (Å²) >= 11 is 0. The average Bonchev–Trinajstić information content (AvgIpc) is 3.33. The highest BCUT2D eigenvalue weighted by Crippen LogP contribution is 2.65. The largest absolute Gasteiger partial charge is 0.441 e. The number of hydrogen-bond acceptors (Lipinski definition) is 6. The summed E-state index contributed by atoms with van der Waals surface area (Å²) in [5.74, 6) is 0.774. The molecule has 2 amide bonds. The number of likely N-dealkylation sites (tertiary alicyclic amines) is 1. The molecule has 4 aliphatic rings. The number of allylic oxidation sites excluding steroid dienone is 2. The van der Waals surface area contributed by atoms with Gasteiger partial charge < -0.3 is 23.5 Å². The molecule has 1 aliphatic carbocycles. The van der Waals surface area contributed by atoms with E-state index in [-0.39, 0.29) is 41.2 Å². The highest BCUT2D eigenvalue weighted by molar-refractivity contribution is 6.74. The lowest BCUT2D eigenvalue weighted by atomic mass is 9.51. The van der Waals surface area contributed by atoms with E-state index in [2.05, 4.69) is 51.9 Å². The SMILES string of the molecule is C=CCCCCC(=O)N1CC[C@@H]2[C@@H]3CN4C(=O)O[C@H](CO[Si](C)(C)C(C)(C)C)[C@@]24[C@@H]1[C@](CCCC=C)(COCOC)C3. The standard InChI is InChI=1S/C33H56N2O6Si/c1-9-11-13-14-16-28(36)34-19-17-26-25-20-32(18-15-12-10-2,23-39-24-38-6)29(34)33(26)27(41-30(37)35(33)21-25)22-40-42(7,8)31(3,4)5/h9-10,25-27,29H,1-2,11-24H2,3-8H3/t25-,26+,27+,29-,32-,33+/m0/s1. The first kappa shape index (κ1) is 33.2. The number of carbonyl (C=O) groups excluding carboxylic acids is 2. The van der Waals surface area contributed by atoms with Crippen molar-refractivity contribution in [3.63, 3.8) is 0 Å². The zero-order chi connectivity index (χ0) is 30.8. The molecule has 42 heavy (non-hydrogen) atoms. The van der Waals surface area contributed by atoms with Gasteiger partial charge >= 0.3 is 6.09 Å². The normalized spacial score (nSPS) is 32.1. The number of methoxy groups -OCH3 is 1. The van der Waals surface area contributed by atoms with Gasteiger partial charge in [0.1, 0.15) is 12.3 Å². The van der Waals surface area contributed by atoms with E-state index in [9.17, 15) is 9.59 Å². The van der Waals surface area contributed by atoms with Gasteiger partial charge in [0.2, 0.25) is 5.91 Å². The molecule has 1 spiro atoms. The minimum atomic E-state index is -2.12. The number of rotatable bonds is 16. The molecular weight excluding hydrogens is 548 g/mol. The second-order valence-corrected chi connectivity index (χ2v) is 19.4. The van der Waals surface area contributed by atoms with Crippen LogP contribution in [0.3, 0.4) is 0 Å². The first-order chi connectivity index (χ1) is 19.9. The van der Waals surface area contributed by atoms with Crippen molar-refractivity contribution in [1.29, 1.82) is 0 Å². The molecule has 3 heterocycles. The van der Waals surface area contributed by atoms with Crippen molar-refractivity contribution in [3.8, 4) is 0 Å². The highest BCUT2D eigenvalue weighted by Gasteiger charge is 2.77. The van der Waals surface area contributed by atoms with Crippen molar-refractivity contribution >= 4 is 20.3 Å². The first-order valence-electron chi connectivity index (χ1n) is 16.1. The van der Waals surface area contributed by atoms with Crippen LogP contribution in [0.4, 0.5) is 4.79 Å². The Labute approximate surface area is 255 Å². The fourth-order valence-corrected chi connectivity index (χ4v) is 9.36. The molecule has 3 aliphatic heterocycles. The third-order valence-corrected chi connectivity index (χ3v) is 15.7. The second kappa shape index (κ2) is 13.1. The molecule has 4 fully saturated rings. The lowest BCUT2D eigenvalue weighted by Gasteiger charge is -2.63. The Balaban J connectivity index is 1.79. The topological polar surface area (TPSA) is 77.5 Å². The summed E-state index contributed by atoms with van der Waals surface area (Å²) in [6.45, 7) is 21.4. The van der Waals surface area contributed by atoms with Crippen LogP contribution in [0.15, 0.2) is 25.3 Å². The van der Waals surface area contributed by atoms with Gasteiger partial charge in [-0.1, -0.05) is 32.9 Å². The van der Waals surface area contributed by atoms with Crippen molar-refractivity contribution in [3.05, 3.63) is 25.3 Å². The quantitative estimate of drug-likeness (QED) is 0.0863. The summed E-state index contributed by atoms with van der Waals surface area (Å²) in [6, 6.07) is -0.212. The molecule has 8 nitrogen and oxygen atoms in total. The summed E-state index contributed by atoms with van der Waals surface area (Å²) in [4.78, 5) is 32.0. The van der Waals surface area contributed by atoms with Crippen molar-refractivity contribution in [2.75, 3.05) is 40.2 Å². The Morgan fingerprint density at radius 1 is 1.17 bits per heavy atom. The zero-order valence-electron chi connectivity index (χ0n) is 27.1. The van der Waals surface area contributed by atoms with E-state index in [1.165, 1.54) is 0 Å². The lowest BCUT2D eigenvalue weighted by molar-refractivity contribution is -0.185. The van der Waals surface area contributed by atoms with Crippen LogP contribution in [-0.2, 0) is 23.4 Å². The molecule has 0 aromatic carbocycles. The van der Waals surface area contributed by atoms with Gasteiger partial charge in [-0.2, -0.15) is 0 Å². The number of hydrogen-bond donors (Lipinski definition) is 0. The number of nitrogens with zero attached hydrogens (tertiary/aromatic N) is 2.